The Hall–Kier alpha value is -3.92. The van der Waals surface area contributed by atoms with Crippen molar-refractivity contribution in [3.05, 3.63) is 112 Å². The summed E-state index contributed by atoms with van der Waals surface area (Å²) < 4.78 is 0. The topological polar surface area (TPSA) is 58.9 Å². The van der Waals surface area contributed by atoms with Gasteiger partial charge in [-0.3, -0.25) is 10.1 Å². The largest absolute Gasteiger partial charge is 0.355 e. The molecule has 0 aliphatic rings. The number of nitro benzene ring substituents is 1. The average Bonchev–Trinajstić information content (AvgIpc) is 3.35. The lowest BCUT2D eigenvalue weighted by Gasteiger charge is -2.03. The lowest BCUT2D eigenvalue weighted by Crippen LogP contribution is -1.92. The number of H-pyrrole nitrogens is 1. The van der Waals surface area contributed by atoms with Crippen LogP contribution in [0.15, 0.2) is 91.0 Å². The molecule has 5 aromatic rings. The summed E-state index contributed by atoms with van der Waals surface area (Å²) in [6.07, 6.45) is 0. The van der Waals surface area contributed by atoms with Crippen LogP contribution in [0.4, 0.5) is 5.69 Å². The Balaban J connectivity index is 0.000000574. The maximum atomic E-state index is 11.0. The van der Waals surface area contributed by atoms with Crippen molar-refractivity contribution in [2.75, 3.05) is 0 Å². The highest BCUT2D eigenvalue weighted by Crippen LogP contribution is 2.30. The van der Waals surface area contributed by atoms with E-state index in [4.69, 9.17) is 0 Å². The van der Waals surface area contributed by atoms with Crippen LogP contribution in [-0.4, -0.2) is 9.91 Å². The summed E-state index contributed by atoms with van der Waals surface area (Å²) in [5, 5.41) is 13.6. The van der Waals surface area contributed by atoms with E-state index in [2.05, 4.69) is 54.4 Å². The predicted molar refractivity (Wildman–Crippen MR) is 169 cm³/mol. The van der Waals surface area contributed by atoms with E-state index in [1.165, 1.54) is 27.4 Å². The minimum Gasteiger partial charge on any atom is -0.355 e. The molecule has 0 aliphatic heterocycles. The third-order valence-corrected chi connectivity index (χ3v) is 5.10. The van der Waals surface area contributed by atoms with E-state index in [9.17, 15) is 10.1 Å². The Morgan fingerprint density at radius 3 is 1.68 bits per heavy atom. The highest BCUT2D eigenvalue weighted by molar-refractivity contribution is 6.07. The summed E-state index contributed by atoms with van der Waals surface area (Å²) in [7, 11) is 0. The zero-order chi connectivity index (χ0) is 29.1. The second-order valence-corrected chi connectivity index (χ2v) is 7.36. The highest BCUT2D eigenvalue weighted by atomic mass is 16.6. The third-order valence-electron chi connectivity index (χ3n) is 5.10. The van der Waals surface area contributed by atoms with E-state index in [0.29, 0.717) is 5.56 Å². The van der Waals surface area contributed by atoms with E-state index in [1.807, 2.05) is 98.7 Å². The van der Waals surface area contributed by atoms with Crippen molar-refractivity contribution in [3.8, 4) is 11.1 Å². The molecule has 4 heteroatoms. The molecule has 0 atom stereocenters. The van der Waals surface area contributed by atoms with E-state index in [0.717, 1.165) is 11.1 Å². The Morgan fingerprint density at radius 2 is 1.08 bits per heavy atom. The number of fused-ring (bicyclic) bond motifs is 3. The number of hydrogen-bond acceptors (Lipinski definition) is 2. The number of nitro groups is 1. The third kappa shape index (κ3) is 9.51. The number of nitrogens with one attached hydrogen (secondary N) is 1. The lowest BCUT2D eigenvalue weighted by molar-refractivity contribution is -0.384. The second-order valence-electron chi connectivity index (χ2n) is 7.36. The molecule has 0 aliphatic carbocycles. The van der Waals surface area contributed by atoms with Crippen molar-refractivity contribution in [2.45, 2.75) is 69.2 Å². The van der Waals surface area contributed by atoms with E-state index in [1.54, 1.807) is 12.1 Å². The smallest absolute Gasteiger partial charge is 0.277 e. The fraction of sp³-hybridized carbons (Fsp3) is 0.294. The van der Waals surface area contributed by atoms with Crippen LogP contribution in [0.3, 0.4) is 0 Å². The van der Waals surface area contributed by atoms with E-state index >= 15 is 0 Å². The molecule has 0 unspecified atom stereocenters. The zero-order valence-corrected chi connectivity index (χ0v) is 24.9. The van der Waals surface area contributed by atoms with Gasteiger partial charge in [0.15, 0.2) is 0 Å². The van der Waals surface area contributed by atoms with Gasteiger partial charge in [0.1, 0.15) is 0 Å². The molecule has 204 valence electrons. The molecular formula is C34H46N2O2. The molecule has 0 saturated carbocycles. The Labute approximate surface area is 229 Å². The van der Waals surface area contributed by atoms with Gasteiger partial charge >= 0.3 is 0 Å². The van der Waals surface area contributed by atoms with Crippen LogP contribution in [0.25, 0.3) is 32.9 Å². The van der Waals surface area contributed by atoms with Gasteiger partial charge < -0.3 is 4.98 Å². The molecule has 4 aromatic carbocycles. The van der Waals surface area contributed by atoms with Crippen molar-refractivity contribution < 1.29 is 4.92 Å². The number of rotatable bonds is 2. The zero-order valence-electron chi connectivity index (χ0n) is 24.9. The monoisotopic (exact) mass is 514 g/mol. The molecule has 4 nitrogen and oxygen atoms in total. The fourth-order valence-corrected chi connectivity index (χ4v) is 3.62. The van der Waals surface area contributed by atoms with Crippen LogP contribution in [-0.2, 0) is 0 Å². The minimum atomic E-state index is -0.338. The number of aromatic nitrogens is 1. The van der Waals surface area contributed by atoms with Crippen LogP contribution >= 0.6 is 0 Å². The Bertz CT molecular complexity index is 1340. The molecule has 0 amide bonds. The van der Waals surface area contributed by atoms with Gasteiger partial charge in [0.05, 0.1) is 10.5 Å². The summed E-state index contributed by atoms with van der Waals surface area (Å²) in [5.74, 6) is 0. The van der Waals surface area contributed by atoms with Crippen LogP contribution in [0.2, 0.25) is 0 Å². The summed E-state index contributed by atoms with van der Waals surface area (Å²) in [6, 6.07) is 29.6. The molecule has 0 radical (unpaired) electrons. The molecular weight excluding hydrogens is 468 g/mol. The first-order valence-corrected chi connectivity index (χ1v) is 13.8. The predicted octanol–water partition coefficient (Wildman–Crippen LogP) is 11.3. The first kappa shape index (κ1) is 34.1. The van der Waals surface area contributed by atoms with Crippen molar-refractivity contribution in [1.82, 2.24) is 4.98 Å². The SMILES string of the molecule is CC.CC.CC.CC.Cc1ccc(-c2ccccc2)c([N+](=O)[O-])c1.Cc1ccc2c(c1)[nH]c1ccccc12. The minimum absolute atomic E-state index is 0.159. The van der Waals surface area contributed by atoms with Crippen LogP contribution < -0.4 is 0 Å². The molecule has 0 bridgehead atoms. The number of aryl methyl sites for hydroxylation is 2. The lowest BCUT2D eigenvalue weighted by atomic mass is 10.0. The summed E-state index contributed by atoms with van der Waals surface area (Å²) >= 11 is 0. The Kier molecular flexibility index (Phi) is 17.2. The van der Waals surface area contributed by atoms with Gasteiger partial charge in [0.2, 0.25) is 0 Å². The number of hydrogen-bond donors (Lipinski definition) is 1. The van der Waals surface area contributed by atoms with Crippen molar-refractivity contribution in [3.63, 3.8) is 0 Å². The van der Waals surface area contributed by atoms with Gasteiger partial charge in [-0.25, -0.2) is 0 Å². The van der Waals surface area contributed by atoms with Gasteiger partial charge in [0.25, 0.3) is 5.69 Å². The quantitative estimate of drug-likeness (QED) is 0.188. The molecule has 38 heavy (non-hydrogen) atoms. The first-order chi connectivity index (χ1) is 18.5. The van der Waals surface area contributed by atoms with Gasteiger partial charge in [0, 0.05) is 27.9 Å². The van der Waals surface area contributed by atoms with Crippen molar-refractivity contribution in [2.24, 2.45) is 0 Å². The second kappa shape index (κ2) is 19.2. The van der Waals surface area contributed by atoms with Crippen molar-refractivity contribution >= 4 is 27.5 Å². The molecule has 5 rings (SSSR count). The molecule has 0 saturated heterocycles. The summed E-state index contributed by atoms with van der Waals surface area (Å²) in [5.41, 5.74) is 6.33. The van der Waals surface area contributed by atoms with Crippen LogP contribution in [0.1, 0.15) is 66.5 Å². The molecule has 0 spiro atoms. The maximum absolute atomic E-state index is 11.0. The Morgan fingerprint density at radius 1 is 0.579 bits per heavy atom. The van der Waals surface area contributed by atoms with Gasteiger partial charge in [-0.05, 0) is 48.7 Å². The van der Waals surface area contributed by atoms with Gasteiger partial charge in [-0.15, -0.1) is 0 Å². The normalized spacial score (nSPS) is 9.00. The average molecular weight is 515 g/mol. The van der Waals surface area contributed by atoms with E-state index < -0.39 is 0 Å². The molecule has 1 aromatic heterocycles. The summed E-state index contributed by atoms with van der Waals surface area (Å²) in [6.45, 7) is 20.0. The van der Waals surface area contributed by atoms with Gasteiger partial charge in [-0.1, -0.05) is 122 Å². The first-order valence-electron chi connectivity index (χ1n) is 13.8. The van der Waals surface area contributed by atoms with Crippen LogP contribution in [0, 0.1) is 24.0 Å². The van der Waals surface area contributed by atoms with Gasteiger partial charge in [-0.2, -0.15) is 0 Å². The molecule has 0 fully saturated rings. The number of benzene rings is 4. The molecule has 1 heterocycles. The summed E-state index contributed by atoms with van der Waals surface area (Å²) in [4.78, 5) is 14.0. The fourth-order valence-electron chi connectivity index (χ4n) is 3.62. The number of aromatic amines is 1. The standard InChI is InChI=1S/C13H11NO2.C13H11N.4C2H6/c1-10-7-8-12(13(9-10)14(15)16)11-5-3-2-4-6-11;1-9-6-7-11-10-4-2-3-5-12(10)14-13(11)8-9;4*1-2/h2-9H,1H3;2-8,14H,1H3;4*1-2H3. The molecule has 1 N–H and O–H groups in total. The maximum Gasteiger partial charge on any atom is 0.277 e. The number of para-hydroxylation sites is 1. The van der Waals surface area contributed by atoms with E-state index in [-0.39, 0.29) is 10.6 Å². The van der Waals surface area contributed by atoms with Crippen LogP contribution in [0.5, 0.6) is 0 Å². The number of nitrogens with zero attached hydrogens (tertiary/aromatic N) is 1. The van der Waals surface area contributed by atoms with Crippen molar-refractivity contribution in [1.29, 1.82) is 0 Å². The highest BCUT2D eigenvalue weighted by Gasteiger charge is 2.14.